The molecule has 2 aromatic carbocycles. The van der Waals surface area contributed by atoms with Gasteiger partial charge in [-0.2, -0.15) is 0 Å². The number of halogens is 1. The summed E-state index contributed by atoms with van der Waals surface area (Å²) in [5, 5.41) is 11.7. The number of rotatable bonds is 4. The van der Waals surface area contributed by atoms with Crippen LogP contribution in [0.4, 0.5) is 5.69 Å². The largest absolute Gasteiger partial charge is 0.478 e. The summed E-state index contributed by atoms with van der Waals surface area (Å²) in [6.45, 7) is 1.44. The molecule has 0 spiro atoms. The van der Waals surface area contributed by atoms with Crippen molar-refractivity contribution in [1.29, 1.82) is 0 Å². The summed E-state index contributed by atoms with van der Waals surface area (Å²) < 4.78 is 0.605. The van der Waals surface area contributed by atoms with Crippen LogP contribution in [0.2, 0.25) is 0 Å². The Balaban J connectivity index is 2.25. The monoisotopic (exact) mass is 361 g/mol. The fourth-order valence-corrected chi connectivity index (χ4v) is 2.21. The number of hydrogen-bond acceptors (Lipinski definition) is 3. The summed E-state index contributed by atoms with van der Waals surface area (Å²) >= 11 is 3.19. The minimum absolute atomic E-state index is 0.0110. The zero-order valence-electron chi connectivity index (χ0n) is 11.6. The average Bonchev–Trinajstić information content (AvgIpc) is 2.48. The second-order valence-corrected chi connectivity index (χ2v) is 5.50. The molecule has 0 aromatic heterocycles. The van der Waals surface area contributed by atoms with Crippen molar-refractivity contribution in [3.05, 3.63) is 63.6 Å². The van der Waals surface area contributed by atoms with E-state index < -0.39 is 11.9 Å². The van der Waals surface area contributed by atoms with Crippen molar-refractivity contribution in [2.45, 2.75) is 6.92 Å². The van der Waals surface area contributed by atoms with E-state index in [0.29, 0.717) is 15.6 Å². The van der Waals surface area contributed by atoms with Crippen LogP contribution in [0, 0.1) is 0 Å². The van der Waals surface area contributed by atoms with Crippen molar-refractivity contribution in [2.75, 3.05) is 5.32 Å². The van der Waals surface area contributed by atoms with E-state index in [0.717, 1.165) is 0 Å². The number of Topliss-reactive ketones (excluding diaryl/α,β-unsaturated/α-hetero) is 1. The van der Waals surface area contributed by atoms with Gasteiger partial charge in [0.05, 0.1) is 11.3 Å². The maximum Gasteiger partial charge on any atom is 0.337 e. The van der Waals surface area contributed by atoms with E-state index in [-0.39, 0.29) is 17.0 Å². The van der Waals surface area contributed by atoms with Crippen molar-refractivity contribution in [1.82, 2.24) is 0 Å². The molecule has 0 saturated heterocycles. The Morgan fingerprint density at radius 2 is 1.59 bits per heavy atom. The molecule has 2 aromatic rings. The third-order valence-electron chi connectivity index (χ3n) is 3.01. The number of carbonyl (C=O) groups is 3. The van der Waals surface area contributed by atoms with Crippen LogP contribution in [0.3, 0.4) is 0 Å². The predicted octanol–water partition coefficient (Wildman–Crippen LogP) is 3.60. The van der Waals surface area contributed by atoms with Gasteiger partial charge in [-0.25, -0.2) is 4.79 Å². The minimum Gasteiger partial charge on any atom is -0.478 e. The quantitative estimate of drug-likeness (QED) is 0.814. The molecule has 22 heavy (non-hydrogen) atoms. The van der Waals surface area contributed by atoms with E-state index in [1.54, 1.807) is 18.2 Å². The topological polar surface area (TPSA) is 83.5 Å². The van der Waals surface area contributed by atoms with Crippen LogP contribution in [-0.4, -0.2) is 22.8 Å². The summed E-state index contributed by atoms with van der Waals surface area (Å²) in [5.41, 5.74) is 1.04. The fraction of sp³-hybridized carbons (Fsp3) is 0.0625. The number of anilines is 1. The highest BCUT2D eigenvalue weighted by Gasteiger charge is 2.14. The molecule has 0 bridgehead atoms. The van der Waals surface area contributed by atoms with Crippen molar-refractivity contribution in [2.24, 2.45) is 0 Å². The molecule has 1 amide bonds. The van der Waals surface area contributed by atoms with Crippen LogP contribution in [0.5, 0.6) is 0 Å². The van der Waals surface area contributed by atoms with Gasteiger partial charge in [-0.1, -0.05) is 28.1 Å². The lowest BCUT2D eigenvalue weighted by Gasteiger charge is -2.09. The van der Waals surface area contributed by atoms with Gasteiger partial charge < -0.3 is 10.4 Å². The lowest BCUT2D eigenvalue weighted by Crippen LogP contribution is -2.15. The molecule has 5 nitrogen and oxygen atoms in total. The Bertz CT molecular complexity index is 753. The number of benzene rings is 2. The maximum absolute atomic E-state index is 12.2. The molecule has 0 aliphatic rings. The van der Waals surface area contributed by atoms with E-state index >= 15 is 0 Å². The minimum atomic E-state index is -1.14. The Kier molecular flexibility index (Phi) is 4.72. The normalized spacial score (nSPS) is 10.1. The number of nitrogens with one attached hydrogen (secondary N) is 1. The first-order valence-electron chi connectivity index (χ1n) is 6.33. The van der Waals surface area contributed by atoms with Gasteiger partial charge in [0.15, 0.2) is 5.78 Å². The molecule has 2 rings (SSSR count). The first-order valence-corrected chi connectivity index (χ1v) is 7.13. The Hall–Kier alpha value is -2.47. The van der Waals surface area contributed by atoms with Crippen LogP contribution < -0.4 is 5.32 Å². The van der Waals surface area contributed by atoms with Crippen LogP contribution in [0.1, 0.15) is 38.0 Å². The van der Waals surface area contributed by atoms with Gasteiger partial charge >= 0.3 is 5.97 Å². The SMILES string of the molecule is CC(=O)c1ccc(C(=O)Nc2ccc(Br)cc2C(=O)O)cc1. The third-order valence-corrected chi connectivity index (χ3v) is 3.51. The lowest BCUT2D eigenvalue weighted by molar-refractivity contribution is 0.0697. The number of carbonyl (C=O) groups excluding carboxylic acids is 2. The molecular formula is C16H12BrNO4. The number of hydrogen-bond donors (Lipinski definition) is 2. The highest BCUT2D eigenvalue weighted by atomic mass is 79.9. The fourth-order valence-electron chi connectivity index (χ4n) is 1.85. The van der Waals surface area contributed by atoms with Gasteiger partial charge in [-0.05, 0) is 37.3 Å². The van der Waals surface area contributed by atoms with Gasteiger partial charge in [0.1, 0.15) is 0 Å². The van der Waals surface area contributed by atoms with Gasteiger partial charge in [0, 0.05) is 15.6 Å². The molecule has 0 aliphatic carbocycles. The van der Waals surface area contributed by atoms with Crippen LogP contribution >= 0.6 is 15.9 Å². The summed E-state index contributed by atoms with van der Waals surface area (Å²) in [6.07, 6.45) is 0. The van der Waals surface area contributed by atoms with E-state index in [9.17, 15) is 14.4 Å². The molecule has 112 valence electrons. The molecule has 6 heteroatoms. The van der Waals surface area contributed by atoms with Crippen molar-refractivity contribution in [3.8, 4) is 0 Å². The molecule has 0 saturated carbocycles. The number of aromatic carboxylic acids is 1. The van der Waals surface area contributed by atoms with Crippen molar-refractivity contribution < 1.29 is 19.5 Å². The van der Waals surface area contributed by atoms with Crippen LogP contribution in [0.25, 0.3) is 0 Å². The second kappa shape index (κ2) is 6.53. The molecule has 2 N–H and O–H groups in total. The van der Waals surface area contributed by atoms with Gasteiger partial charge in [-0.15, -0.1) is 0 Å². The molecule has 0 radical (unpaired) electrons. The van der Waals surface area contributed by atoms with Crippen LogP contribution in [-0.2, 0) is 0 Å². The van der Waals surface area contributed by atoms with E-state index in [1.807, 2.05) is 0 Å². The van der Waals surface area contributed by atoms with Gasteiger partial charge in [0.2, 0.25) is 0 Å². The first-order chi connectivity index (χ1) is 10.4. The molecular weight excluding hydrogens is 350 g/mol. The maximum atomic E-state index is 12.2. The Morgan fingerprint density at radius 1 is 1.00 bits per heavy atom. The Labute approximate surface area is 135 Å². The van der Waals surface area contributed by atoms with Crippen molar-refractivity contribution in [3.63, 3.8) is 0 Å². The zero-order valence-corrected chi connectivity index (χ0v) is 13.2. The lowest BCUT2D eigenvalue weighted by atomic mass is 10.1. The van der Waals surface area contributed by atoms with Gasteiger partial charge in [-0.3, -0.25) is 9.59 Å². The molecule has 0 aliphatic heterocycles. The summed E-state index contributed by atoms with van der Waals surface area (Å²) in [5.74, 6) is -1.67. The second-order valence-electron chi connectivity index (χ2n) is 4.58. The molecule has 0 fully saturated rings. The molecule has 0 unspecified atom stereocenters. The summed E-state index contributed by atoms with van der Waals surface area (Å²) in [4.78, 5) is 34.6. The van der Waals surface area contributed by atoms with Crippen molar-refractivity contribution >= 4 is 39.3 Å². The molecule has 0 atom stereocenters. The van der Waals surface area contributed by atoms with Crippen LogP contribution in [0.15, 0.2) is 46.9 Å². The smallest absolute Gasteiger partial charge is 0.337 e. The first kappa shape index (κ1) is 15.9. The average molecular weight is 362 g/mol. The van der Waals surface area contributed by atoms with E-state index in [2.05, 4.69) is 21.2 Å². The highest BCUT2D eigenvalue weighted by Crippen LogP contribution is 2.22. The number of amides is 1. The summed E-state index contributed by atoms with van der Waals surface area (Å²) in [7, 11) is 0. The summed E-state index contributed by atoms with van der Waals surface area (Å²) in [6, 6.07) is 10.7. The number of carboxylic acids is 1. The standard InChI is InChI=1S/C16H12BrNO4/c1-9(19)10-2-4-11(5-3-10)15(20)18-14-7-6-12(17)8-13(14)16(21)22/h2-8H,1H3,(H,18,20)(H,21,22). The zero-order chi connectivity index (χ0) is 16.3. The molecule has 0 heterocycles. The van der Waals surface area contributed by atoms with Gasteiger partial charge in [0.25, 0.3) is 5.91 Å². The Morgan fingerprint density at radius 3 is 2.14 bits per heavy atom. The third kappa shape index (κ3) is 3.59. The van der Waals surface area contributed by atoms with E-state index in [4.69, 9.17) is 5.11 Å². The van der Waals surface area contributed by atoms with E-state index in [1.165, 1.54) is 31.2 Å². The highest BCUT2D eigenvalue weighted by molar-refractivity contribution is 9.10. The number of carboxylic acid groups (broad SMARTS) is 1. The number of ketones is 1. The predicted molar refractivity (Wildman–Crippen MR) is 85.5 cm³/mol.